The molecule has 0 spiro atoms. The highest BCUT2D eigenvalue weighted by molar-refractivity contribution is 5.65. The lowest BCUT2D eigenvalue weighted by Gasteiger charge is -2.41. The standard InChI is InChI=1S/C20H21FN2O6/c1-20(2,11-3-6-15(21)16(24)9-11)18(29-19(22)25)14-7-8-28-17-10-12(23(26)27)4-5-13(14)17/h3-6,9-10,14,18,24H,7-8H2,1-2H3,(H2,22,25)/t14-,18?/m0/s1. The molecule has 8 nitrogen and oxygen atoms in total. The number of nitrogens with two attached hydrogens (primary N) is 1. The number of phenolic OH excluding ortho intramolecular Hbond substituents is 1. The van der Waals surface area contributed by atoms with Crippen molar-refractivity contribution in [3.63, 3.8) is 0 Å². The zero-order chi connectivity index (χ0) is 21.3. The summed E-state index contributed by atoms with van der Waals surface area (Å²) in [6, 6.07) is 8.19. The van der Waals surface area contributed by atoms with Gasteiger partial charge in [-0.3, -0.25) is 10.1 Å². The predicted octanol–water partition coefficient (Wildman–Crippen LogP) is 3.75. The van der Waals surface area contributed by atoms with Crippen molar-refractivity contribution in [2.45, 2.75) is 37.7 Å². The fraction of sp³-hybridized carbons (Fsp3) is 0.350. The van der Waals surface area contributed by atoms with E-state index in [-0.39, 0.29) is 18.2 Å². The van der Waals surface area contributed by atoms with Gasteiger partial charge >= 0.3 is 6.09 Å². The monoisotopic (exact) mass is 404 g/mol. The molecule has 0 saturated heterocycles. The summed E-state index contributed by atoms with van der Waals surface area (Å²) in [5, 5.41) is 20.8. The molecule has 0 radical (unpaired) electrons. The van der Waals surface area contributed by atoms with Crippen molar-refractivity contribution in [2.24, 2.45) is 5.73 Å². The van der Waals surface area contributed by atoms with E-state index in [0.29, 0.717) is 23.3 Å². The van der Waals surface area contributed by atoms with Crippen molar-refractivity contribution in [2.75, 3.05) is 6.61 Å². The largest absolute Gasteiger partial charge is 0.505 e. The normalized spacial score (nSPS) is 17.0. The molecular weight excluding hydrogens is 383 g/mol. The Bertz CT molecular complexity index is 962. The zero-order valence-electron chi connectivity index (χ0n) is 15.9. The Morgan fingerprint density at radius 1 is 1.38 bits per heavy atom. The van der Waals surface area contributed by atoms with Crippen LogP contribution in [0.4, 0.5) is 14.9 Å². The molecule has 0 saturated carbocycles. The summed E-state index contributed by atoms with van der Waals surface area (Å²) in [5.74, 6) is -1.32. The first-order chi connectivity index (χ1) is 13.6. The summed E-state index contributed by atoms with van der Waals surface area (Å²) in [7, 11) is 0. The van der Waals surface area contributed by atoms with Crippen molar-refractivity contribution in [3.8, 4) is 11.5 Å². The van der Waals surface area contributed by atoms with E-state index >= 15 is 0 Å². The lowest BCUT2D eigenvalue weighted by molar-refractivity contribution is -0.385. The van der Waals surface area contributed by atoms with E-state index in [1.54, 1.807) is 19.9 Å². The fourth-order valence-electron chi connectivity index (χ4n) is 3.77. The molecule has 154 valence electrons. The van der Waals surface area contributed by atoms with Crippen LogP contribution in [0.5, 0.6) is 11.5 Å². The average Bonchev–Trinajstić information content (AvgIpc) is 2.67. The van der Waals surface area contributed by atoms with Crippen LogP contribution in [0.15, 0.2) is 36.4 Å². The van der Waals surface area contributed by atoms with Crippen LogP contribution in [0.1, 0.15) is 37.3 Å². The molecule has 3 N–H and O–H groups in total. The number of fused-ring (bicyclic) bond motifs is 1. The third-order valence-electron chi connectivity index (χ3n) is 5.30. The van der Waals surface area contributed by atoms with Crippen molar-refractivity contribution in [1.82, 2.24) is 0 Å². The summed E-state index contributed by atoms with van der Waals surface area (Å²) >= 11 is 0. The number of non-ortho nitro benzene ring substituents is 1. The Balaban J connectivity index is 2.07. The summed E-state index contributed by atoms with van der Waals surface area (Å²) < 4.78 is 24.6. The molecule has 0 bridgehead atoms. The third-order valence-corrected chi connectivity index (χ3v) is 5.30. The number of carbonyl (C=O) groups excluding carboxylic acids is 1. The van der Waals surface area contributed by atoms with E-state index in [4.69, 9.17) is 15.2 Å². The maximum absolute atomic E-state index is 13.5. The quantitative estimate of drug-likeness (QED) is 0.578. The molecular formula is C20H21FN2O6. The van der Waals surface area contributed by atoms with Crippen LogP contribution in [-0.2, 0) is 10.2 Å². The van der Waals surface area contributed by atoms with Gasteiger partial charge in [-0.25, -0.2) is 9.18 Å². The minimum Gasteiger partial charge on any atom is -0.505 e. The van der Waals surface area contributed by atoms with Crippen LogP contribution < -0.4 is 10.5 Å². The molecule has 2 aromatic rings. The Morgan fingerprint density at radius 2 is 2.10 bits per heavy atom. The van der Waals surface area contributed by atoms with Crippen LogP contribution in [0.3, 0.4) is 0 Å². The van der Waals surface area contributed by atoms with Gasteiger partial charge < -0.3 is 20.3 Å². The van der Waals surface area contributed by atoms with Gasteiger partial charge in [-0.15, -0.1) is 0 Å². The topological polar surface area (TPSA) is 125 Å². The lowest BCUT2D eigenvalue weighted by atomic mass is 9.71. The van der Waals surface area contributed by atoms with Crippen LogP contribution in [0.2, 0.25) is 0 Å². The molecule has 9 heteroatoms. The van der Waals surface area contributed by atoms with E-state index in [0.717, 1.165) is 6.07 Å². The first-order valence-corrected chi connectivity index (χ1v) is 8.97. The molecule has 0 fully saturated rings. The molecule has 1 aliphatic rings. The smallest absolute Gasteiger partial charge is 0.404 e. The molecule has 1 amide bonds. The minimum atomic E-state index is -0.982. The summed E-state index contributed by atoms with van der Waals surface area (Å²) in [6.45, 7) is 3.84. The van der Waals surface area contributed by atoms with Gasteiger partial charge in [-0.1, -0.05) is 19.9 Å². The number of phenols is 1. The van der Waals surface area contributed by atoms with Gasteiger partial charge in [-0.2, -0.15) is 0 Å². The fourth-order valence-corrected chi connectivity index (χ4v) is 3.77. The highest BCUT2D eigenvalue weighted by Crippen LogP contribution is 2.45. The second-order valence-electron chi connectivity index (χ2n) is 7.47. The van der Waals surface area contributed by atoms with Crippen LogP contribution in [-0.4, -0.2) is 28.8 Å². The van der Waals surface area contributed by atoms with Crippen LogP contribution in [0.25, 0.3) is 0 Å². The maximum atomic E-state index is 13.5. The number of carbonyl (C=O) groups is 1. The second kappa shape index (κ2) is 7.57. The van der Waals surface area contributed by atoms with Gasteiger partial charge in [0.1, 0.15) is 11.9 Å². The van der Waals surface area contributed by atoms with E-state index in [1.807, 2.05) is 0 Å². The van der Waals surface area contributed by atoms with Gasteiger partial charge in [0, 0.05) is 23.0 Å². The molecule has 29 heavy (non-hydrogen) atoms. The number of amides is 1. The molecule has 0 aliphatic carbocycles. The number of benzene rings is 2. The Labute approximate surface area is 166 Å². The summed E-state index contributed by atoms with van der Waals surface area (Å²) in [5.41, 5.74) is 5.52. The van der Waals surface area contributed by atoms with Crippen LogP contribution in [0, 0.1) is 15.9 Å². The van der Waals surface area contributed by atoms with Crippen molar-refractivity contribution in [1.29, 1.82) is 0 Å². The van der Waals surface area contributed by atoms with Gasteiger partial charge in [-0.05, 0) is 30.2 Å². The van der Waals surface area contributed by atoms with Crippen LogP contribution >= 0.6 is 0 Å². The molecule has 1 aliphatic heterocycles. The zero-order valence-corrected chi connectivity index (χ0v) is 15.9. The number of nitro benzene ring substituents is 1. The molecule has 1 unspecified atom stereocenters. The minimum absolute atomic E-state index is 0.112. The first kappa shape index (κ1) is 20.4. The number of primary amides is 1. The molecule has 0 aromatic heterocycles. The molecule has 1 heterocycles. The van der Waals surface area contributed by atoms with Gasteiger partial charge in [0.2, 0.25) is 0 Å². The third kappa shape index (κ3) is 3.94. The number of hydrogen-bond donors (Lipinski definition) is 2. The number of ether oxygens (including phenoxy) is 2. The number of halogens is 1. The lowest BCUT2D eigenvalue weighted by Crippen LogP contribution is -2.44. The van der Waals surface area contributed by atoms with E-state index in [1.165, 1.54) is 24.3 Å². The number of aromatic hydroxyl groups is 1. The Hall–Kier alpha value is -3.36. The highest BCUT2D eigenvalue weighted by atomic mass is 19.1. The number of nitrogens with zero attached hydrogens (tertiary/aromatic N) is 1. The number of hydrogen-bond acceptors (Lipinski definition) is 6. The van der Waals surface area contributed by atoms with E-state index in [2.05, 4.69) is 0 Å². The van der Waals surface area contributed by atoms with Crippen molar-refractivity contribution < 1.29 is 28.7 Å². The highest BCUT2D eigenvalue weighted by Gasteiger charge is 2.43. The molecule has 3 rings (SSSR count). The second-order valence-corrected chi connectivity index (χ2v) is 7.47. The van der Waals surface area contributed by atoms with E-state index in [9.17, 15) is 24.4 Å². The Morgan fingerprint density at radius 3 is 2.72 bits per heavy atom. The van der Waals surface area contributed by atoms with E-state index < -0.39 is 34.1 Å². The van der Waals surface area contributed by atoms with Gasteiger partial charge in [0.05, 0.1) is 17.6 Å². The SMILES string of the molecule is CC(C)(c1ccc(F)c(O)c1)C(OC(N)=O)[C@H]1CCOc2cc([N+](=O)[O-])ccc21. The Kier molecular flexibility index (Phi) is 5.32. The van der Waals surface area contributed by atoms with Gasteiger partial charge in [0.25, 0.3) is 5.69 Å². The first-order valence-electron chi connectivity index (χ1n) is 8.97. The van der Waals surface area contributed by atoms with Crippen molar-refractivity contribution >= 4 is 11.8 Å². The molecule has 2 aromatic carbocycles. The number of nitro groups is 1. The van der Waals surface area contributed by atoms with Crippen molar-refractivity contribution in [3.05, 3.63) is 63.5 Å². The average molecular weight is 404 g/mol. The summed E-state index contributed by atoms with van der Waals surface area (Å²) in [6.07, 6.45) is -1.31. The molecule has 2 atom stereocenters. The number of rotatable bonds is 5. The maximum Gasteiger partial charge on any atom is 0.404 e. The van der Waals surface area contributed by atoms with Gasteiger partial charge in [0.15, 0.2) is 11.6 Å². The summed E-state index contributed by atoms with van der Waals surface area (Å²) in [4.78, 5) is 22.2. The predicted molar refractivity (Wildman–Crippen MR) is 101 cm³/mol.